The zero-order valence-electron chi connectivity index (χ0n) is 14.3. The Labute approximate surface area is 139 Å². The van der Waals surface area contributed by atoms with Crippen LogP contribution in [-0.2, 0) is 16.1 Å². The van der Waals surface area contributed by atoms with Gasteiger partial charge in [-0.15, -0.1) is 0 Å². The Balaban J connectivity index is 1.48. The number of ether oxygens (including phenoxy) is 1. The van der Waals surface area contributed by atoms with Crippen LogP contribution < -0.4 is 0 Å². The van der Waals surface area contributed by atoms with Crippen LogP contribution in [0.1, 0.15) is 43.7 Å². The molecule has 2 saturated heterocycles. The van der Waals surface area contributed by atoms with Crippen molar-refractivity contribution in [3.05, 3.63) is 35.4 Å². The monoisotopic (exact) mass is 316 g/mol. The molecule has 0 N–H and O–H groups in total. The van der Waals surface area contributed by atoms with Gasteiger partial charge in [0.25, 0.3) is 5.91 Å². The Morgan fingerprint density at radius 1 is 1.17 bits per heavy atom. The van der Waals surface area contributed by atoms with Crippen LogP contribution >= 0.6 is 0 Å². The number of hydrogen-bond donors (Lipinski definition) is 0. The van der Waals surface area contributed by atoms with Crippen molar-refractivity contribution in [2.45, 2.75) is 45.3 Å². The van der Waals surface area contributed by atoms with Crippen LogP contribution in [0.5, 0.6) is 0 Å². The van der Waals surface area contributed by atoms with E-state index in [1.165, 1.54) is 11.1 Å². The predicted molar refractivity (Wildman–Crippen MR) is 91.4 cm³/mol. The highest BCUT2D eigenvalue weighted by atomic mass is 16.5. The highest BCUT2D eigenvalue weighted by Crippen LogP contribution is 2.18. The lowest BCUT2D eigenvalue weighted by Crippen LogP contribution is -2.51. The van der Waals surface area contributed by atoms with Gasteiger partial charge in [-0.25, -0.2) is 0 Å². The van der Waals surface area contributed by atoms with Crippen molar-refractivity contribution in [1.82, 2.24) is 9.80 Å². The summed E-state index contributed by atoms with van der Waals surface area (Å²) < 4.78 is 5.52. The summed E-state index contributed by atoms with van der Waals surface area (Å²) in [6, 6.07) is 8.94. The normalized spacial score (nSPS) is 22.7. The highest BCUT2D eigenvalue weighted by molar-refractivity contribution is 5.81. The van der Waals surface area contributed by atoms with Crippen molar-refractivity contribution in [2.24, 2.45) is 0 Å². The minimum absolute atomic E-state index is 0.176. The molecule has 0 spiro atoms. The number of nitrogens with zero attached hydrogens (tertiary/aromatic N) is 2. The largest absolute Gasteiger partial charge is 0.368 e. The van der Waals surface area contributed by atoms with Gasteiger partial charge in [-0.1, -0.05) is 38.1 Å². The lowest BCUT2D eigenvalue weighted by Gasteiger charge is -2.35. The van der Waals surface area contributed by atoms with Gasteiger partial charge >= 0.3 is 0 Å². The van der Waals surface area contributed by atoms with Gasteiger partial charge in [0, 0.05) is 39.3 Å². The Morgan fingerprint density at radius 3 is 2.43 bits per heavy atom. The second-order valence-corrected chi connectivity index (χ2v) is 7.00. The fourth-order valence-electron chi connectivity index (χ4n) is 3.37. The second kappa shape index (κ2) is 7.45. The van der Waals surface area contributed by atoms with Crippen LogP contribution in [-0.4, -0.2) is 54.6 Å². The molecule has 1 aromatic rings. The van der Waals surface area contributed by atoms with E-state index >= 15 is 0 Å². The van der Waals surface area contributed by atoms with Crippen LogP contribution in [0.2, 0.25) is 0 Å². The molecule has 2 aliphatic heterocycles. The van der Waals surface area contributed by atoms with Gasteiger partial charge in [-0.05, 0) is 29.9 Å². The third-order valence-electron chi connectivity index (χ3n) is 4.94. The molecule has 0 aromatic heterocycles. The molecule has 0 aliphatic carbocycles. The Hall–Kier alpha value is -1.39. The fourth-order valence-corrected chi connectivity index (χ4v) is 3.37. The molecule has 2 fully saturated rings. The molecule has 2 heterocycles. The summed E-state index contributed by atoms with van der Waals surface area (Å²) in [4.78, 5) is 16.8. The number of piperazine rings is 1. The number of rotatable bonds is 4. The van der Waals surface area contributed by atoms with Crippen molar-refractivity contribution >= 4 is 5.91 Å². The summed E-state index contributed by atoms with van der Waals surface area (Å²) >= 11 is 0. The van der Waals surface area contributed by atoms with Crippen LogP contribution in [0.15, 0.2) is 24.3 Å². The van der Waals surface area contributed by atoms with E-state index in [2.05, 4.69) is 43.0 Å². The first kappa shape index (κ1) is 16.5. The molecule has 4 nitrogen and oxygen atoms in total. The van der Waals surface area contributed by atoms with Crippen molar-refractivity contribution < 1.29 is 9.53 Å². The third kappa shape index (κ3) is 4.12. The Bertz CT molecular complexity index is 513. The van der Waals surface area contributed by atoms with E-state index in [4.69, 9.17) is 4.74 Å². The molecule has 0 saturated carbocycles. The van der Waals surface area contributed by atoms with Crippen molar-refractivity contribution in [3.8, 4) is 0 Å². The lowest BCUT2D eigenvalue weighted by molar-refractivity contribution is -0.142. The van der Waals surface area contributed by atoms with Gasteiger partial charge in [0.1, 0.15) is 6.10 Å². The van der Waals surface area contributed by atoms with E-state index in [1.54, 1.807) is 0 Å². The molecule has 0 radical (unpaired) electrons. The maximum Gasteiger partial charge on any atom is 0.251 e. The fraction of sp³-hybridized carbons (Fsp3) is 0.632. The number of carbonyl (C=O) groups is 1. The minimum atomic E-state index is -0.176. The molecule has 0 bridgehead atoms. The van der Waals surface area contributed by atoms with Crippen LogP contribution in [0.3, 0.4) is 0 Å². The van der Waals surface area contributed by atoms with Gasteiger partial charge in [-0.2, -0.15) is 0 Å². The van der Waals surface area contributed by atoms with Gasteiger partial charge in [0.15, 0.2) is 0 Å². The molecule has 1 aromatic carbocycles. The van der Waals surface area contributed by atoms with E-state index in [0.29, 0.717) is 5.92 Å². The smallest absolute Gasteiger partial charge is 0.251 e. The summed E-state index contributed by atoms with van der Waals surface area (Å²) in [5.74, 6) is 0.778. The van der Waals surface area contributed by atoms with Crippen molar-refractivity contribution in [1.29, 1.82) is 0 Å². The predicted octanol–water partition coefficient (Wildman–Crippen LogP) is 2.63. The molecule has 1 atom stereocenters. The number of benzene rings is 1. The lowest BCUT2D eigenvalue weighted by atomic mass is 10.0. The molecule has 23 heavy (non-hydrogen) atoms. The summed E-state index contributed by atoms with van der Waals surface area (Å²) in [7, 11) is 0. The quantitative estimate of drug-likeness (QED) is 0.856. The van der Waals surface area contributed by atoms with Crippen LogP contribution in [0.25, 0.3) is 0 Å². The van der Waals surface area contributed by atoms with E-state index < -0.39 is 0 Å². The van der Waals surface area contributed by atoms with E-state index in [9.17, 15) is 4.79 Å². The SMILES string of the molecule is CC(C)c1ccc(CN2CCN(C(=O)C3CCCO3)CC2)cc1. The van der Waals surface area contributed by atoms with E-state index in [0.717, 1.165) is 52.2 Å². The van der Waals surface area contributed by atoms with Crippen LogP contribution in [0, 0.1) is 0 Å². The molecular formula is C19H28N2O2. The third-order valence-corrected chi connectivity index (χ3v) is 4.94. The topological polar surface area (TPSA) is 32.8 Å². The molecule has 126 valence electrons. The summed E-state index contributed by atoms with van der Waals surface area (Å²) in [6.45, 7) is 9.70. The second-order valence-electron chi connectivity index (χ2n) is 7.00. The molecule has 2 aliphatic rings. The first-order valence-electron chi connectivity index (χ1n) is 8.85. The van der Waals surface area contributed by atoms with Gasteiger partial charge < -0.3 is 9.64 Å². The Morgan fingerprint density at radius 2 is 1.87 bits per heavy atom. The molecule has 1 unspecified atom stereocenters. The zero-order chi connectivity index (χ0) is 16.2. The average molecular weight is 316 g/mol. The maximum atomic E-state index is 12.3. The molecule has 4 heteroatoms. The minimum Gasteiger partial charge on any atom is -0.368 e. The first-order chi connectivity index (χ1) is 11.1. The van der Waals surface area contributed by atoms with Gasteiger partial charge in [0.05, 0.1) is 0 Å². The maximum absolute atomic E-state index is 12.3. The summed E-state index contributed by atoms with van der Waals surface area (Å²) in [6.07, 6.45) is 1.73. The first-order valence-corrected chi connectivity index (χ1v) is 8.85. The standard InChI is InChI=1S/C19H28N2O2/c1-15(2)17-7-5-16(6-8-17)14-20-9-11-21(12-10-20)19(22)18-4-3-13-23-18/h5-8,15,18H,3-4,9-14H2,1-2H3. The number of hydrogen-bond acceptors (Lipinski definition) is 3. The van der Waals surface area contributed by atoms with Crippen LogP contribution in [0.4, 0.5) is 0 Å². The van der Waals surface area contributed by atoms with Crippen molar-refractivity contribution in [3.63, 3.8) is 0 Å². The van der Waals surface area contributed by atoms with Gasteiger partial charge in [-0.3, -0.25) is 9.69 Å². The summed E-state index contributed by atoms with van der Waals surface area (Å²) in [5.41, 5.74) is 2.74. The molecule has 1 amide bonds. The van der Waals surface area contributed by atoms with Gasteiger partial charge in [0.2, 0.25) is 0 Å². The number of amides is 1. The average Bonchev–Trinajstić information content (AvgIpc) is 3.10. The highest BCUT2D eigenvalue weighted by Gasteiger charge is 2.30. The van der Waals surface area contributed by atoms with E-state index in [-0.39, 0.29) is 12.0 Å². The number of carbonyl (C=O) groups excluding carboxylic acids is 1. The molecular weight excluding hydrogens is 288 g/mol. The Kier molecular flexibility index (Phi) is 5.34. The summed E-state index contributed by atoms with van der Waals surface area (Å²) in [5, 5.41) is 0. The van der Waals surface area contributed by atoms with E-state index in [1.807, 2.05) is 4.90 Å². The zero-order valence-corrected chi connectivity index (χ0v) is 14.3. The molecule has 3 rings (SSSR count). The van der Waals surface area contributed by atoms with Crippen molar-refractivity contribution in [2.75, 3.05) is 32.8 Å².